The number of aromatic nitrogens is 2. The average molecular weight is 240 g/mol. The molecule has 3 heteroatoms. The number of thioether (sulfide) groups is 1. The second-order valence-corrected chi connectivity index (χ2v) is 4.65. The predicted molar refractivity (Wildman–Crippen MR) is 73.3 cm³/mol. The number of hydrogen-bond acceptors (Lipinski definition) is 2. The second-order valence-electron chi connectivity index (χ2n) is 3.80. The van der Waals surface area contributed by atoms with E-state index in [-0.39, 0.29) is 0 Å². The van der Waals surface area contributed by atoms with Gasteiger partial charge >= 0.3 is 0 Å². The summed E-state index contributed by atoms with van der Waals surface area (Å²) in [5, 5.41) is 0. The van der Waals surface area contributed by atoms with E-state index in [1.54, 1.807) is 11.8 Å². The van der Waals surface area contributed by atoms with Gasteiger partial charge in [0.05, 0.1) is 11.0 Å². The fourth-order valence-electron chi connectivity index (χ4n) is 1.92. The van der Waals surface area contributed by atoms with Gasteiger partial charge in [-0.05, 0) is 24.5 Å². The van der Waals surface area contributed by atoms with Crippen LogP contribution in [0.25, 0.3) is 22.4 Å². The zero-order valence-electron chi connectivity index (χ0n) is 9.47. The molecule has 3 rings (SSSR count). The van der Waals surface area contributed by atoms with Crippen LogP contribution in [0.2, 0.25) is 0 Å². The van der Waals surface area contributed by atoms with Crippen LogP contribution >= 0.6 is 11.8 Å². The molecule has 0 aliphatic carbocycles. The molecule has 1 aromatic heterocycles. The van der Waals surface area contributed by atoms with Gasteiger partial charge < -0.3 is 4.98 Å². The highest BCUT2D eigenvalue weighted by molar-refractivity contribution is 7.98. The van der Waals surface area contributed by atoms with Crippen molar-refractivity contribution in [3.05, 3.63) is 48.5 Å². The minimum atomic E-state index is 0.941. The first kappa shape index (κ1) is 10.4. The standard InChI is InChI=1S/C14H12N2S/c1-17-13-9-5-2-6-10(13)14-15-11-7-3-4-8-12(11)16-14/h2-9H,1H3,(H,15,16). The van der Waals surface area contributed by atoms with E-state index in [1.165, 1.54) is 4.90 Å². The maximum Gasteiger partial charge on any atom is 0.139 e. The second kappa shape index (κ2) is 4.26. The van der Waals surface area contributed by atoms with E-state index in [4.69, 9.17) is 0 Å². The quantitative estimate of drug-likeness (QED) is 0.687. The zero-order valence-corrected chi connectivity index (χ0v) is 10.3. The van der Waals surface area contributed by atoms with Gasteiger partial charge in [0.15, 0.2) is 0 Å². The number of nitrogens with one attached hydrogen (secondary N) is 1. The molecule has 2 nitrogen and oxygen atoms in total. The van der Waals surface area contributed by atoms with E-state index < -0.39 is 0 Å². The summed E-state index contributed by atoms with van der Waals surface area (Å²) in [5.74, 6) is 0.941. The van der Waals surface area contributed by atoms with E-state index in [0.717, 1.165) is 22.4 Å². The van der Waals surface area contributed by atoms with Crippen LogP contribution in [0.15, 0.2) is 53.4 Å². The normalized spacial score (nSPS) is 10.9. The molecule has 1 N–H and O–H groups in total. The predicted octanol–water partition coefficient (Wildman–Crippen LogP) is 3.95. The minimum Gasteiger partial charge on any atom is -0.338 e. The van der Waals surface area contributed by atoms with Crippen LogP contribution in [0.5, 0.6) is 0 Å². The third-order valence-corrected chi connectivity index (χ3v) is 3.55. The van der Waals surface area contributed by atoms with Crippen LogP contribution in [-0.4, -0.2) is 16.2 Å². The Balaban J connectivity index is 2.20. The van der Waals surface area contributed by atoms with Gasteiger partial charge in [-0.3, -0.25) is 0 Å². The number of hydrogen-bond donors (Lipinski definition) is 1. The van der Waals surface area contributed by atoms with Gasteiger partial charge in [0.2, 0.25) is 0 Å². The molecule has 0 aliphatic rings. The van der Waals surface area contributed by atoms with Gasteiger partial charge in [-0.2, -0.15) is 0 Å². The molecule has 0 atom stereocenters. The molecular weight excluding hydrogens is 228 g/mol. The van der Waals surface area contributed by atoms with Gasteiger partial charge in [-0.25, -0.2) is 4.98 Å². The molecular formula is C14H12N2S. The number of benzene rings is 2. The van der Waals surface area contributed by atoms with E-state index in [0.29, 0.717) is 0 Å². The van der Waals surface area contributed by atoms with Gasteiger partial charge in [0.25, 0.3) is 0 Å². The highest BCUT2D eigenvalue weighted by Crippen LogP contribution is 2.29. The molecule has 0 fully saturated rings. The maximum absolute atomic E-state index is 4.62. The largest absolute Gasteiger partial charge is 0.338 e. The molecule has 84 valence electrons. The average Bonchev–Trinajstić information content (AvgIpc) is 2.82. The van der Waals surface area contributed by atoms with Crippen LogP contribution in [0, 0.1) is 0 Å². The summed E-state index contributed by atoms with van der Waals surface area (Å²) < 4.78 is 0. The van der Waals surface area contributed by atoms with Crippen molar-refractivity contribution in [2.24, 2.45) is 0 Å². The lowest BCUT2D eigenvalue weighted by Gasteiger charge is -2.02. The molecule has 0 unspecified atom stereocenters. The van der Waals surface area contributed by atoms with Crippen LogP contribution < -0.4 is 0 Å². The van der Waals surface area contributed by atoms with Crippen LogP contribution in [0.1, 0.15) is 0 Å². The van der Waals surface area contributed by atoms with Gasteiger partial charge in [0, 0.05) is 10.5 Å². The Morgan fingerprint density at radius 1 is 1.00 bits per heavy atom. The topological polar surface area (TPSA) is 28.7 Å². The molecule has 2 aromatic carbocycles. The van der Waals surface area contributed by atoms with Crippen molar-refractivity contribution in [2.75, 3.05) is 6.26 Å². The fourth-order valence-corrected chi connectivity index (χ4v) is 2.52. The van der Waals surface area contributed by atoms with Crippen molar-refractivity contribution in [1.82, 2.24) is 9.97 Å². The highest BCUT2D eigenvalue weighted by atomic mass is 32.2. The Labute approximate surface area is 104 Å². The number of fused-ring (bicyclic) bond motifs is 1. The van der Waals surface area contributed by atoms with E-state index in [9.17, 15) is 0 Å². The van der Waals surface area contributed by atoms with Crippen molar-refractivity contribution in [3.8, 4) is 11.4 Å². The van der Waals surface area contributed by atoms with Gasteiger partial charge in [0.1, 0.15) is 5.82 Å². The summed E-state index contributed by atoms with van der Waals surface area (Å²) in [4.78, 5) is 9.23. The van der Waals surface area contributed by atoms with Crippen molar-refractivity contribution < 1.29 is 0 Å². The lowest BCUT2D eigenvalue weighted by atomic mass is 10.2. The summed E-state index contributed by atoms with van der Waals surface area (Å²) in [6, 6.07) is 16.4. The third kappa shape index (κ3) is 1.83. The summed E-state index contributed by atoms with van der Waals surface area (Å²) in [6.07, 6.45) is 2.08. The molecule has 17 heavy (non-hydrogen) atoms. The SMILES string of the molecule is CSc1ccccc1-c1nc2ccccc2[nH]1. The number of rotatable bonds is 2. The van der Waals surface area contributed by atoms with Crippen molar-refractivity contribution >= 4 is 22.8 Å². The number of imidazole rings is 1. The Bertz CT molecular complexity index is 625. The first-order chi connectivity index (χ1) is 8.38. The first-order valence-corrected chi connectivity index (χ1v) is 6.69. The molecule has 0 aliphatic heterocycles. The third-order valence-electron chi connectivity index (χ3n) is 2.75. The molecule has 1 heterocycles. The number of para-hydroxylation sites is 2. The maximum atomic E-state index is 4.62. The minimum absolute atomic E-state index is 0.941. The molecule has 3 aromatic rings. The Morgan fingerprint density at radius 2 is 1.76 bits per heavy atom. The highest BCUT2D eigenvalue weighted by Gasteiger charge is 2.08. The van der Waals surface area contributed by atoms with Crippen LogP contribution in [-0.2, 0) is 0 Å². The van der Waals surface area contributed by atoms with E-state index >= 15 is 0 Å². The monoisotopic (exact) mass is 240 g/mol. The fraction of sp³-hybridized carbons (Fsp3) is 0.0714. The van der Waals surface area contributed by atoms with E-state index in [1.807, 2.05) is 30.3 Å². The summed E-state index contributed by atoms with van der Waals surface area (Å²) in [6.45, 7) is 0. The van der Waals surface area contributed by atoms with E-state index in [2.05, 4.69) is 34.4 Å². The molecule has 0 bridgehead atoms. The Morgan fingerprint density at radius 3 is 2.59 bits per heavy atom. The number of aromatic amines is 1. The molecule has 0 spiro atoms. The number of H-pyrrole nitrogens is 1. The smallest absolute Gasteiger partial charge is 0.139 e. The lowest BCUT2D eigenvalue weighted by molar-refractivity contribution is 1.29. The molecule has 0 amide bonds. The van der Waals surface area contributed by atoms with Crippen LogP contribution in [0.4, 0.5) is 0 Å². The summed E-state index contributed by atoms with van der Waals surface area (Å²) in [5.41, 5.74) is 3.26. The summed E-state index contributed by atoms with van der Waals surface area (Å²) in [7, 11) is 0. The molecule has 0 saturated carbocycles. The molecule has 0 saturated heterocycles. The van der Waals surface area contributed by atoms with Crippen molar-refractivity contribution in [3.63, 3.8) is 0 Å². The van der Waals surface area contributed by atoms with Gasteiger partial charge in [-0.15, -0.1) is 11.8 Å². The lowest BCUT2D eigenvalue weighted by Crippen LogP contribution is -1.83. The van der Waals surface area contributed by atoms with Crippen LogP contribution in [0.3, 0.4) is 0 Å². The number of nitrogens with zero attached hydrogens (tertiary/aromatic N) is 1. The Kier molecular flexibility index (Phi) is 2.61. The molecule has 0 radical (unpaired) electrons. The van der Waals surface area contributed by atoms with Crippen molar-refractivity contribution in [2.45, 2.75) is 4.90 Å². The summed E-state index contributed by atoms with van der Waals surface area (Å²) >= 11 is 1.74. The van der Waals surface area contributed by atoms with Gasteiger partial charge in [-0.1, -0.05) is 30.3 Å². The first-order valence-electron chi connectivity index (χ1n) is 5.46. The Hall–Kier alpha value is -1.74. The van der Waals surface area contributed by atoms with Crippen molar-refractivity contribution in [1.29, 1.82) is 0 Å². The zero-order chi connectivity index (χ0) is 11.7.